The summed E-state index contributed by atoms with van der Waals surface area (Å²) in [7, 11) is -3.78. The standard InChI is InChI=1S/C22H29N3O4S/c23-14-17-5-4-8-19(13-17)30(27,28)25-15-20(22(16-25)9-11-29-12-10-22)21(26)24-18-6-2-1-3-7-18/h4-5,8,13,18,20H,1-3,6-7,9-12,15-16H2,(H,24,26). The molecule has 4 rings (SSSR count). The Labute approximate surface area is 178 Å². The number of rotatable bonds is 4. The van der Waals surface area contributed by atoms with Gasteiger partial charge in [-0.2, -0.15) is 9.57 Å². The Kier molecular flexibility index (Phi) is 6.14. The Morgan fingerprint density at radius 3 is 2.63 bits per heavy atom. The van der Waals surface area contributed by atoms with Gasteiger partial charge < -0.3 is 10.1 Å². The number of carbonyl (C=O) groups excluding carboxylic acids is 1. The second-order valence-corrected chi connectivity index (χ2v) is 10.7. The SMILES string of the molecule is N#Cc1cccc(S(=O)(=O)N2CC(C(=O)NC3CCCCC3)C3(CCOCC3)C2)c1. The zero-order valence-corrected chi connectivity index (χ0v) is 18.0. The van der Waals surface area contributed by atoms with Crippen LogP contribution in [0.1, 0.15) is 50.5 Å². The second-order valence-electron chi connectivity index (χ2n) is 8.81. The lowest BCUT2D eigenvalue weighted by atomic mass is 9.71. The van der Waals surface area contributed by atoms with E-state index in [1.54, 1.807) is 12.1 Å². The van der Waals surface area contributed by atoms with Crippen molar-refractivity contribution < 1.29 is 17.9 Å². The number of ether oxygens (including phenoxy) is 1. The Hall–Kier alpha value is -1.95. The van der Waals surface area contributed by atoms with E-state index < -0.39 is 15.4 Å². The van der Waals surface area contributed by atoms with E-state index in [2.05, 4.69) is 5.32 Å². The fraction of sp³-hybridized carbons (Fsp3) is 0.636. The van der Waals surface area contributed by atoms with Crippen LogP contribution in [0.2, 0.25) is 0 Å². The van der Waals surface area contributed by atoms with Gasteiger partial charge in [0.05, 0.1) is 22.4 Å². The molecule has 1 spiro atoms. The normalized spacial score (nSPS) is 25.1. The molecule has 3 fully saturated rings. The number of carbonyl (C=O) groups is 1. The summed E-state index contributed by atoms with van der Waals surface area (Å²) in [6, 6.07) is 8.28. The summed E-state index contributed by atoms with van der Waals surface area (Å²) in [6.07, 6.45) is 6.83. The largest absolute Gasteiger partial charge is 0.381 e. The lowest BCUT2D eigenvalue weighted by Gasteiger charge is -2.38. The number of amides is 1. The van der Waals surface area contributed by atoms with Gasteiger partial charge in [0.1, 0.15) is 0 Å². The number of hydrogen-bond donors (Lipinski definition) is 1. The molecule has 0 aromatic heterocycles. The summed E-state index contributed by atoms with van der Waals surface area (Å²) in [5.74, 6) is -0.399. The first-order chi connectivity index (χ1) is 14.4. The van der Waals surface area contributed by atoms with Crippen LogP contribution in [0.3, 0.4) is 0 Å². The lowest BCUT2D eigenvalue weighted by molar-refractivity contribution is -0.130. The van der Waals surface area contributed by atoms with Gasteiger partial charge in [0.15, 0.2) is 0 Å². The zero-order valence-electron chi connectivity index (χ0n) is 17.2. The van der Waals surface area contributed by atoms with Crippen LogP contribution in [0.4, 0.5) is 0 Å². The average Bonchev–Trinajstić information content (AvgIpc) is 3.14. The van der Waals surface area contributed by atoms with Crippen LogP contribution in [0.15, 0.2) is 29.2 Å². The van der Waals surface area contributed by atoms with Crippen molar-refractivity contribution in [1.82, 2.24) is 9.62 Å². The molecular formula is C22H29N3O4S. The molecule has 30 heavy (non-hydrogen) atoms. The molecule has 1 aliphatic carbocycles. The molecule has 1 unspecified atom stereocenters. The molecular weight excluding hydrogens is 402 g/mol. The number of nitrogens with one attached hydrogen (secondary N) is 1. The minimum atomic E-state index is -3.78. The monoisotopic (exact) mass is 431 g/mol. The first-order valence-corrected chi connectivity index (χ1v) is 12.3. The van der Waals surface area contributed by atoms with Crippen molar-refractivity contribution in [2.24, 2.45) is 11.3 Å². The third-order valence-electron chi connectivity index (χ3n) is 6.97. The first-order valence-electron chi connectivity index (χ1n) is 10.8. The molecule has 7 nitrogen and oxygen atoms in total. The van der Waals surface area contributed by atoms with Crippen LogP contribution in [0, 0.1) is 22.7 Å². The zero-order chi connectivity index (χ0) is 21.2. The van der Waals surface area contributed by atoms with E-state index >= 15 is 0 Å². The van der Waals surface area contributed by atoms with Crippen LogP contribution in [0.25, 0.3) is 0 Å². The summed E-state index contributed by atoms with van der Waals surface area (Å²) in [5.41, 5.74) is -0.0840. The lowest BCUT2D eigenvalue weighted by Crippen LogP contribution is -2.47. The number of benzene rings is 1. The molecule has 2 heterocycles. The quantitative estimate of drug-likeness (QED) is 0.789. The van der Waals surface area contributed by atoms with Crippen LogP contribution in [0.5, 0.6) is 0 Å². The van der Waals surface area contributed by atoms with Crippen molar-refractivity contribution in [1.29, 1.82) is 5.26 Å². The number of sulfonamides is 1. The summed E-state index contributed by atoms with van der Waals surface area (Å²) in [5, 5.41) is 12.4. The Bertz CT molecular complexity index is 928. The fourth-order valence-corrected chi connectivity index (χ4v) is 6.77. The Morgan fingerprint density at radius 1 is 1.20 bits per heavy atom. The number of hydrogen-bond acceptors (Lipinski definition) is 5. The van der Waals surface area contributed by atoms with Crippen LogP contribution in [-0.2, 0) is 19.6 Å². The number of nitriles is 1. The van der Waals surface area contributed by atoms with Gasteiger partial charge in [-0.15, -0.1) is 0 Å². The average molecular weight is 432 g/mol. The molecule has 1 N–H and O–H groups in total. The van der Waals surface area contributed by atoms with Crippen molar-refractivity contribution in [3.05, 3.63) is 29.8 Å². The summed E-state index contributed by atoms with van der Waals surface area (Å²) in [4.78, 5) is 13.4. The van der Waals surface area contributed by atoms with Gasteiger partial charge in [0.2, 0.25) is 15.9 Å². The van der Waals surface area contributed by atoms with Crippen molar-refractivity contribution in [2.45, 2.75) is 55.9 Å². The van der Waals surface area contributed by atoms with E-state index in [0.717, 1.165) is 25.7 Å². The van der Waals surface area contributed by atoms with Gasteiger partial charge in [-0.05, 0) is 43.9 Å². The van der Waals surface area contributed by atoms with E-state index in [9.17, 15) is 13.2 Å². The molecule has 0 radical (unpaired) electrons. The summed E-state index contributed by atoms with van der Waals surface area (Å²) in [6.45, 7) is 1.59. The highest BCUT2D eigenvalue weighted by molar-refractivity contribution is 7.89. The molecule has 1 atom stereocenters. The van der Waals surface area contributed by atoms with Gasteiger partial charge in [-0.3, -0.25) is 4.79 Å². The molecule has 2 saturated heterocycles. The topological polar surface area (TPSA) is 99.5 Å². The third kappa shape index (κ3) is 4.11. The molecule has 3 aliphatic rings. The van der Waals surface area contributed by atoms with Crippen LogP contribution in [-0.4, -0.2) is 51.0 Å². The van der Waals surface area contributed by atoms with Gasteiger partial charge >= 0.3 is 0 Å². The molecule has 162 valence electrons. The molecule has 1 saturated carbocycles. The highest BCUT2D eigenvalue weighted by Gasteiger charge is 2.53. The van der Waals surface area contributed by atoms with E-state index in [-0.39, 0.29) is 29.3 Å². The molecule has 2 aliphatic heterocycles. The molecule has 1 aromatic rings. The Balaban J connectivity index is 1.58. The smallest absolute Gasteiger partial charge is 0.243 e. The van der Waals surface area contributed by atoms with Crippen molar-refractivity contribution in [2.75, 3.05) is 26.3 Å². The predicted molar refractivity (Wildman–Crippen MR) is 111 cm³/mol. The maximum Gasteiger partial charge on any atom is 0.243 e. The number of nitrogens with zero attached hydrogens (tertiary/aromatic N) is 2. The Morgan fingerprint density at radius 2 is 1.93 bits per heavy atom. The van der Waals surface area contributed by atoms with E-state index in [4.69, 9.17) is 10.00 Å². The van der Waals surface area contributed by atoms with Crippen LogP contribution >= 0.6 is 0 Å². The van der Waals surface area contributed by atoms with Gasteiger partial charge in [0, 0.05) is 37.8 Å². The van der Waals surface area contributed by atoms with Gasteiger partial charge in [-0.25, -0.2) is 8.42 Å². The third-order valence-corrected chi connectivity index (χ3v) is 8.78. The van der Waals surface area contributed by atoms with Crippen molar-refractivity contribution in [3.63, 3.8) is 0 Å². The highest BCUT2D eigenvalue weighted by Crippen LogP contribution is 2.46. The van der Waals surface area contributed by atoms with E-state index in [1.165, 1.54) is 22.9 Å². The van der Waals surface area contributed by atoms with Gasteiger partial charge in [-0.1, -0.05) is 25.3 Å². The molecule has 1 amide bonds. The second kappa shape index (κ2) is 8.66. The van der Waals surface area contributed by atoms with Crippen molar-refractivity contribution in [3.8, 4) is 6.07 Å². The first kappa shape index (κ1) is 21.3. The molecule has 1 aromatic carbocycles. The van der Waals surface area contributed by atoms with E-state index in [1.807, 2.05) is 6.07 Å². The van der Waals surface area contributed by atoms with Crippen LogP contribution < -0.4 is 5.32 Å². The van der Waals surface area contributed by atoms with E-state index in [0.29, 0.717) is 38.2 Å². The fourth-order valence-electron chi connectivity index (χ4n) is 5.18. The highest BCUT2D eigenvalue weighted by atomic mass is 32.2. The molecule has 0 bridgehead atoms. The van der Waals surface area contributed by atoms with Crippen molar-refractivity contribution >= 4 is 15.9 Å². The predicted octanol–water partition coefficient (Wildman–Crippen LogP) is 2.42. The summed E-state index contributed by atoms with van der Waals surface area (Å²) >= 11 is 0. The minimum absolute atomic E-state index is 0.0210. The maximum absolute atomic E-state index is 13.3. The van der Waals surface area contributed by atoms with Gasteiger partial charge in [0.25, 0.3) is 0 Å². The summed E-state index contributed by atoms with van der Waals surface area (Å²) < 4.78 is 33.7. The minimum Gasteiger partial charge on any atom is -0.381 e. The molecule has 8 heteroatoms. The maximum atomic E-state index is 13.3.